The molecule has 0 aliphatic heterocycles. The van der Waals surface area contributed by atoms with Gasteiger partial charge < -0.3 is 23.3 Å². The van der Waals surface area contributed by atoms with E-state index in [2.05, 4.69) is 6.58 Å². The van der Waals surface area contributed by atoms with Crippen molar-refractivity contribution in [2.75, 3.05) is 0 Å². The van der Waals surface area contributed by atoms with Crippen molar-refractivity contribution < 1.29 is 37.7 Å². The van der Waals surface area contributed by atoms with Crippen molar-refractivity contribution in [3.05, 3.63) is 12.2 Å². The molecule has 0 atom stereocenters. The van der Waals surface area contributed by atoms with E-state index in [1.807, 2.05) is 0 Å². The zero-order chi connectivity index (χ0) is 11.0. The van der Waals surface area contributed by atoms with Crippen LogP contribution >= 0.6 is 0 Å². The smallest absolute Gasteiger partial charge is 1.00 e. The molecule has 0 aliphatic rings. The fourth-order valence-corrected chi connectivity index (χ4v) is 0.258. The van der Waals surface area contributed by atoms with Crippen molar-refractivity contribution in [2.45, 2.75) is 6.42 Å². The Morgan fingerprint density at radius 3 is 1.43 bits per heavy atom. The van der Waals surface area contributed by atoms with Gasteiger partial charge in [0.15, 0.2) is 0 Å². The molecule has 0 bridgehead atoms. The van der Waals surface area contributed by atoms with E-state index in [9.17, 15) is 9.59 Å². The summed E-state index contributed by atoms with van der Waals surface area (Å²) in [6.07, 6.45) is -2.34. The Bertz CT molecular complexity index is 239. The second-order valence-electron chi connectivity index (χ2n) is 1.76. The van der Waals surface area contributed by atoms with E-state index in [1.54, 1.807) is 0 Å². The molecule has 0 unspecified atom stereocenters. The number of carboxylic acid groups (broad SMARTS) is 4. The Morgan fingerprint density at radius 2 is 1.36 bits per heavy atom. The van der Waals surface area contributed by atoms with Gasteiger partial charge in [0.25, 0.3) is 0 Å². The zero-order valence-corrected chi connectivity index (χ0v) is 9.34. The SMILES string of the molecule is C=C(CC(=O)O)C(=O)O.O=C(O)O.[Ca+2].[H-].[H-]. The molecule has 0 fully saturated rings. The quantitative estimate of drug-likeness (QED) is 0.404. The molecule has 7 nitrogen and oxygen atoms in total. The molecule has 0 heterocycles. The summed E-state index contributed by atoms with van der Waals surface area (Å²) in [5.74, 6) is -2.44. The average Bonchev–Trinajstić information content (AvgIpc) is 1.83. The molecule has 0 saturated carbocycles. The minimum absolute atomic E-state index is 0. The summed E-state index contributed by atoms with van der Waals surface area (Å²) >= 11 is 0. The van der Waals surface area contributed by atoms with Gasteiger partial charge in [-0.25, -0.2) is 9.59 Å². The Hall–Kier alpha value is -0.790. The van der Waals surface area contributed by atoms with Crippen molar-refractivity contribution in [1.82, 2.24) is 0 Å². The standard InChI is InChI=1S/C5H6O4.CH2O3.Ca.2H/c1-3(5(8)9)2-4(6)7;2-1(3)4;;;/h1-2H2,(H,6,7)(H,8,9);(H2,2,3,4);;;/q;;+2;2*-1. The summed E-state index contributed by atoms with van der Waals surface area (Å²) in [4.78, 5) is 28.2. The number of rotatable bonds is 3. The van der Waals surface area contributed by atoms with E-state index in [4.69, 9.17) is 25.2 Å². The molecule has 0 aliphatic carbocycles. The summed E-state index contributed by atoms with van der Waals surface area (Å²) in [6, 6.07) is 0. The van der Waals surface area contributed by atoms with Gasteiger partial charge in [-0.3, -0.25) is 4.79 Å². The molecular weight excluding hydrogens is 224 g/mol. The third-order valence-electron chi connectivity index (χ3n) is 0.667. The molecule has 0 aromatic carbocycles. The predicted octanol–water partition coefficient (Wildman–Crippen LogP) is 0.168. The van der Waals surface area contributed by atoms with Crippen molar-refractivity contribution in [1.29, 1.82) is 0 Å². The Balaban J connectivity index is -0.0000000511. The number of carbonyl (C=O) groups is 3. The molecule has 0 radical (unpaired) electrons. The topological polar surface area (TPSA) is 132 Å². The summed E-state index contributed by atoms with van der Waals surface area (Å²) in [5, 5.41) is 30.0. The molecule has 0 saturated heterocycles. The third-order valence-corrected chi connectivity index (χ3v) is 0.667. The van der Waals surface area contributed by atoms with Crippen LogP contribution in [0.3, 0.4) is 0 Å². The van der Waals surface area contributed by atoms with Gasteiger partial charge in [0.05, 0.1) is 6.42 Å². The number of aliphatic carboxylic acids is 2. The first-order chi connectivity index (χ1) is 5.77. The number of carboxylic acids is 2. The molecule has 0 spiro atoms. The molecule has 0 amide bonds. The van der Waals surface area contributed by atoms with E-state index in [1.165, 1.54) is 0 Å². The molecule has 0 aromatic rings. The van der Waals surface area contributed by atoms with Crippen LogP contribution in [0.1, 0.15) is 9.27 Å². The van der Waals surface area contributed by atoms with E-state index in [-0.39, 0.29) is 46.2 Å². The molecule has 8 heteroatoms. The van der Waals surface area contributed by atoms with Gasteiger partial charge in [-0.1, -0.05) is 6.58 Å². The van der Waals surface area contributed by atoms with E-state index in [0.717, 1.165) is 0 Å². The van der Waals surface area contributed by atoms with Crippen molar-refractivity contribution in [3.8, 4) is 0 Å². The monoisotopic (exact) mass is 234 g/mol. The van der Waals surface area contributed by atoms with Crippen molar-refractivity contribution >= 4 is 55.8 Å². The maximum Gasteiger partial charge on any atom is 2.00 e. The average molecular weight is 234 g/mol. The maximum atomic E-state index is 9.87. The second kappa shape index (κ2) is 10.3. The first-order valence-electron chi connectivity index (χ1n) is 2.82. The minimum Gasteiger partial charge on any atom is -1.00 e. The fourth-order valence-electron chi connectivity index (χ4n) is 0.258. The molecule has 0 aromatic heterocycles. The van der Waals surface area contributed by atoms with Crippen LogP contribution < -0.4 is 0 Å². The largest absolute Gasteiger partial charge is 2.00 e. The van der Waals surface area contributed by atoms with E-state index >= 15 is 0 Å². The Morgan fingerprint density at radius 1 is 1.07 bits per heavy atom. The van der Waals surface area contributed by atoms with Crippen molar-refractivity contribution in [3.63, 3.8) is 0 Å². The molecule has 4 N–H and O–H groups in total. The van der Waals surface area contributed by atoms with Gasteiger partial charge in [-0.15, -0.1) is 0 Å². The van der Waals surface area contributed by atoms with Gasteiger partial charge in [0, 0.05) is 5.57 Å². The number of hydrogen-bond acceptors (Lipinski definition) is 3. The first-order valence-corrected chi connectivity index (χ1v) is 2.82. The number of hydrogen-bond donors (Lipinski definition) is 4. The summed E-state index contributed by atoms with van der Waals surface area (Å²) < 4.78 is 0. The normalized spacial score (nSPS) is 7.14. The molecule has 14 heavy (non-hydrogen) atoms. The van der Waals surface area contributed by atoms with E-state index in [0.29, 0.717) is 0 Å². The van der Waals surface area contributed by atoms with Crippen LogP contribution in [0.4, 0.5) is 4.79 Å². The molecular formula is C6H10CaO7. The maximum absolute atomic E-state index is 9.87. The third kappa shape index (κ3) is 22.5. The Labute approximate surface area is 112 Å². The van der Waals surface area contributed by atoms with Gasteiger partial charge >= 0.3 is 55.8 Å². The summed E-state index contributed by atoms with van der Waals surface area (Å²) in [5.41, 5.74) is -0.303. The second-order valence-corrected chi connectivity index (χ2v) is 1.76. The summed E-state index contributed by atoms with van der Waals surface area (Å²) in [7, 11) is 0. The van der Waals surface area contributed by atoms with Gasteiger partial charge in [-0.05, 0) is 0 Å². The van der Waals surface area contributed by atoms with Gasteiger partial charge in [0.2, 0.25) is 0 Å². The van der Waals surface area contributed by atoms with Crippen LogP contribution in [0.25, 0.3) is 0 Å². The van der Waals surface area contributed by atoms with Crippen LogP contribution in [0.5, 0.6) is 0 Å². The zero-order valence-electron chi connectivity index (χ0n) is 9.13. The van der Waals surface area contributed by atoms with Crippen molar-refractivity contribution in [2.24, 2.45) is 0 Å². The summed E-state index contributed by atoms with van der Waals surface area (Å²) in [6.45, 7) is 3.01. The predicted molar refractivity (Wildman–Crippen MR) is 47.7 cm³/mol. The fraction of sp³-hybridized carbons (Fsp3) is 0.167. The van der Waals surface area contributed by atoms with E-state index < -0.39 is 24.5 Å². The van der Waals surface area contributed by atoms with Gasteiger partial charge in [0.1, 0.15) is 0 Å². The first kappa shape index (κ1) is 18.9. The van der Waals surface area contributed by atoms with Crippen LogP contribution in [0, 0.1) is 0 Å². The van der Waals surface area contributed by atoms with Crippen LogP contribution in [0.2, 0.25) is 0 Å². The molecule has 78 valence electrons. The molecule has 0 rings (SSSR count). The van der Waals surface area contributed by atoms with Gasteiger partial charge in [-0.2, -0.15) is 0 Å². The Kier molecular flexibility index (Phi) is 13.9. The van der Waals surface area contributed by atoms with Crippen LogP contribution in [-0.4, -0.2) is 76.3 Å². The van der Waals surface area contributed by atoms with Crippen LogP contribution in [-0.2, 0) is 9.59 Å². The minimum atomic E-state index is -1.83. The van der Waals surface area contributed by atoms with Crippen LogP contribution in [0.15, 0.2) is 12.2 Å².